The topological polar surface area (TPSA) is 105 Å². The summed E-state index contributed by atoms with van der Waals surface area (Å²) < 4.78 is 0. The molecule has 0 aliphatic carbocycles. The Kier molecular flexibility index (Phi) is 8.08. The van der Waals surface area contributed by atoms with Gasteiger partial charge in [-0.2, -0.15) is 0 Å². The van der Waals surface area contributed by atoms with Gasteiger partial charge in [0.25, 0.3) is 5.09 Å². The number of H-pyrrole nitrogens is 1. The van der Waals surface area contributed by atoms with E-state index < -0.39 is 5.09 Å². The van der Waals surface area contributed by atoms with Crippen LogP contribution >= 0.6 is 0 Å². The van der Waals surface area contributed by atoms with Gasteiger partial charge in [-0.3, -0.25) is 4.98 Å². The lowest BCUT2D eigenvalue weighted by Gasteiger charge is -1.70. The number of hydrogen-bond donors (Lipinski definition) is 2. The zero-order valence-corrected chi connectivity index (χ0v) is 7.72. The summed E-state index contributed by atoms with van der Waals surface area (Å²) in [7, 11) is 0. The summed E-state index contributed by atoms with van der Waals surface area (Å²) in [5.74, 6) is 0. The van der Waals surface area contributed by atoms with E-state index in [1.54, 1.807) is 31.1 Å². The lowest BCUT2D eigenvalue weighted by atomic mass is 10.5. The highest BCUT2D eigenvalue weighted by Crippen LogP contribution is 1.73. The molecule has 2 aromatic rings. The summed E-state index contributed by atoms with van der Waals surface area (Å²) in [6, 6.07) is 5.72. The van der Waals surface area contributed by atoms with E-state index in [1.807, 2.05) is 18.2 Å². The van der Waals surface area contributed by atoms with Crippen LogP contribution in [0.4, 0.5) is 0 Å². The number of hydrogen-bond acceptors (Lipinski definition) is 4. The van der Waals surface area contributed by atoms with Gasteiger partial charge >= 0.3 is 0 Å². The van der Waals surface area contributed by atoms with Crippen LogP contribution in [0, 0.1) is 10.1 Å². The van der Waals surface area contributed by atoms with Gasteiger partial charge in [0, 0.05) is 24.8 Å². The molecule has 2 N–H and O–H groups in total. The maximum Gasteiger partial charge on any atom is 0.291 e. The maximum absolute atomic E-state index is 8.36. The largest absolute Gasteiger partial charge is 0.351 e. The molecule has 2 heterocycles. The zero-order valence-electron chi connectivity index (χ0n) is 7.72. The molecule has 2 aromatic heterocycles. The molecule has 80 valence electrons. The Balaban J connectivity index is 0.000000202. The van der Waals surface area contributed by atoms with E-state index in [-0.39, 0.29) is 0 Å². The fourth-order valence-corrected chi connectivity index (χ4v) is 0.528. The van der Waals surface area contributed by atoms with Crippen LogP contribution in [-0.4, -0.2) is 25.2 Å². The number of aromatic amines is 1. The molecule has 0 bridgehead atoms. The van der Waals surface area contributed by atoms with Crippen molar-refractivity contribution in [3.63, 3.8) is 0 Å². The molecule has 0 saturated heterocycles. The Morgan fingerprint density at radius 2 is 1.73 bits per heavy atom. The second-order valence-electron chi connectivity index (χ2n) is 2.02. The first-order valence-corrected chi connectivity index (χ1v) is 3.84. The van der Waals surface area contributed by atoms with Crippen LogP contribution in [0.3, 0.4) is 0 Å². The summed E-state index contributed by atoms with van der Waals surface area (Å²) in [5, 5.41) is 13.6. The second-order valence-corrected chi connectivity index (χ2v) is 2.02. The van der Waals surface area contributed by atoms with Crippen molar-refractivity contribution in [1.82, 2.24) is 15.0 Å². The van der Waals surface area contributed by atoms with Crippen LogP contribution in [0.15, 0.2) is 49.3 Å². The standard InChI is InChI=1S/C5H5N.C3H4N2.HNO3/c1-2-4-6-5-3-1;1-2-5-3-4-1;2-1(3)4/h1-5H;1-3H,(H,4,5);(H,2,3,4). The smallest absolute Gasteiger partial charge is 0.291 e. The van der Waals surface area contributed by atoms with Gasteiger partial charge in [-0.05, 0) is 12.1 Å². The van der Waals surface area contributed by atoms with Crippen LogP contribution in [-0.2, 0) is 0 Å². The minimum absolute atomic E-state index is 1.50. The zero-order chi connectivity index (χ0) is 11.4. The highest BCUT2D eigenvalue weighted by molar-refractivity contribution is 4.88. The first-order valence-electron chi connectivity index (χ1n) is 3.84. The molecule has 0 spiro atoms. The molecule has 0 aliphatic heterocycles. The fourth-order valence-electron chi connectivity index (χ4n) is 0.528. The molecular formula is C8H10N4O3. The van der Waals surface area contributed by atoms with Crippen LogP contribution < -0.4 is 0 Å². The van der Waals surface area contributed by atoms with Gasteiger partial charge < -0.3 is 10.2 Å². The third-order valence-electron chi connectivity index (χ3n) is 0.972. The lowest BCUT2D eigenvalue weighted by Crippen LogP contribution is -1.81. The van der Waals surface area contributed by atoms with Crippen molar-refractivity contribution in [2.24, 2.45) is 0 Å². The minimum Gasteiger partial charge on any atom is -0.351 e. The van der Waals surface area contributed by atoms with E-state index in [9.17, 15) is 0 Å². The highest BCUT2D eigenvalue weighted by atomic mass is 16.9. The molecule has 0 amide bonds. The molecule has 0 saturated carbocycles. The molecular weight excluding hydrogens is 200 g/mol. The van der Waals surface area contributed by atoms with E-state index in [1.165, 1.54) is 0 Å². The first kappa shape index (κ1) is 12.6. The van der Waals surface area contributed by atoms with E-state index in [4.69, 9.17) is 15.3 Å². The molecule has 0 aromatic carbocycles. The van der Waals surface area contributed by atoms with Crippen molar-refractivity contribution >= 4 is 0 Å². The fraction of sp³-hybridized carbons (Fsp3) is 0. The SMILES string of the molecule is O=[N+]([O-])O.c1c[nH]cn1.c1ccncc1. The van der Waals surface area contributed by atoms with Gasteiger partial charge in [0.2, 0.25) is 0 Å². The predicted octanol–water partition coefficient (Wildman–Crippen LogP) is 1.14. The predicted molar refractivity (Wildman–Crippen MR) is 51.6 cm³/mol. The summed E-state index contributed by atoms with van der Waals surface area (Å²) >= 11 is 0. The molecule has 7 nitrogen and oxygen atoms in total. The summed E-state index contributed by atoms with van der Waals surface area (Å²) in [4.78, 5) is 18.6. The number of rotatable bonds is 0. The van der Waals surface area contributed by atoms with Gasteiger partial charge in [-0.15, -0.1) is 10.1 Å². The second kappa shape index (κ2) is 9.65. The Morgan fingerprint density at radius 1 is 1.13 bits per heavy atom. The molecule has 15 heavy (non-hydrogen) atoms. The third kappa shape index (κ3) is 14.4. The normalized spacial score (nSPS) is 7.47. The number of imidazole rings is 1. The van der Waals surface area contributed by atoms with Gasteiger partial charge in [-0.25, -0.2) is 4.98 Å². The van der Waals surface area contributed by atoms with Crippen molar-refractivity contribution in [3.8, 4) is 0 Å². The summed E-state index contributed by atoms with van der Waals surface area (Å²) in [5.41, 5.74) is 0. The molecule has 0 atom stereocenters. The first-order chi connectivity index (χ1) is 7.23. The molecule has 0 fully saturated rings. The molecule has 0 aliphatic rings. The monoisotopic (exact) mass is 210 g/mol. The lowest BCUT2D eigenvalue weighted by molar-refractivity contribution is -0.742. The number of nitrogens with one attached hydrogen (secondary N) is 1. The van der Waals surface area contributed by atoms with Crippen LogP contribution in [0.5, 0.6) is 0 Å². The van der Waals surface area contributed by atoms with E-state index >= 15 is 0 Å². The molecule has 0 radical (unpaired) electrons. The quantitative estimate of drug-likeness (QED) is 0.501. The Labute approximate surface area is 85.5 Å². The molecule has 0 unspecified atom stereocenters. The maximum atomic E-state index is 8.36. The Morgan fingerprint density at radius 3 is 1.87 bits per heavy atom. The molecule has 2 rings (SSSR count). The summed E-state index contributed by atoms with van der Waals surface area (Å²) in [6.45, 7) is 0. The third-order valence-corrected chi connectivity index (χ3v) is 0.972. The van der Waals surface area contributed by atoms with Gasteiger partial charge in [-0.1, -0.05) is 6.07 Å². The number of nitrogens with zero attached hydrogens (tertiary/aromatic N) is 3. The molecule has 7 heteroatoms. The van der Waals surface area contributed by atoms with Crippen molar-refractivity contribution in [2.45, 2.75) is 0 Å². The average molecular weight is 210 g/mol. The van der Waals surface area contributed by atoms with Crippen molar-refractivity contribution < 1.29 is 10.3 Å². The number of aromatic nitrogens is 3. The van der Waals surface area contributed by atoms with E-state index in [0.29, 0.717) is 0 Å². The Hall–Kier alpha value is -2.44. The summed E-state index contributed by atoms with van der Waals surface area (Å²) in [6.07, 6.45) is 8.58. The van der Waals surface area contributed by atoms with Crippen molar-refractivity contribution in [3.05, 3.63) is 59.4 Å². The highest BCUT2D eigenvalue weighted by Gasteiger charge is 1.65. The Bertz CT molecular complexity index is 277. The minimum atomic E-state index is -1.50. The van der Waals surface area contributed by atoms with Crippen LogP contribution in [0.2, 0.25) is 0 Å². The van der Waals surface area contributed by atoms with E-state index in [2.05, 4.69) is 15.0 Å². The van der Waals surface area contributed by atoms with Gasteiger partial charge in [0.15, 0.2) is 0 Å². The average Bonchev–Trinajstić information content (AvgIpc) is 2.77. The van der Waals surface area contributed by atoms with Crippen LogP contribution in [0.25, 0.3) is 0 Å². The van der Waals surface area contributed by atoms with E-state index in [0.717, 1.165) is 0 Å². The van der Waals surface area contributed by atoms with Crippen LogP contribution in [0.1, 0.15) is 0 Å². The number of pyridine rings is 1. The van der Waals surface area contributed by atoms with Gasteiger partial charge in [0.05, 0.1) is 6.33 Å². The van der Waals surface area contributed by atoms with Gasteiger partial charge in [0.1, 0.15) is 0 Å². The van der Waals surface area contributed by atoms with Crippen molar-refractivity contribution in [1.29, 1.82) is 0 Å². The van der Waals surface area contributed by atoms with Crippen molar-refractivity contribution in [2.75, 3.05) is 0 Å².